The van der Waals surface area contributed by atoms with Crippen LogP contribution in [0.4, 0.5) is 17.3 Å². The van der Waals surface area contributed by atoms with Crippen LogP contribution in [0.3, 0.4) is 0 Å². The molecule has 0 bridgehead atoms. The molecule has 2 N–H and O–H groups in total. The summed E-state index contributed by atoms with van der Waals surface area (Å²) >= 11 is 0. The Hall–Kier alpha value is -3.39. The molecule has 1 aromatic carbocycles. The van der Waals surface area contributed by atoms with E-state index >= 15 is 0 Å². The molecule has 9 rings (SSSR count). The second-order valence-electron chi connectivity index (χ2n) is 17.4. The van der Waals surface area contributed by atoms with Gasteiger partial charge in [0, 0.05) is 142 Å². The molecule has 0 aliphatic carbocycles. The Balaban J connectivity index is 0.000000241. The lowest BCUT2D eigenvalue weighted by Crippen LogP contribution is -2.53. The molecule has 0 amide bonds. The monoisotopic (exact) mass is 901 g/mol. The molecule has 6 saturated heterocycles. The van der Waals surface area contributed by atoms with Crippen molar-refractivity contribution in [2.45, 2.75) is 88.0 Å². The van der Waals surface area contributed by atoms with Crippen LogP contribution in [0.25, 0.3) is 0 Å². The zero-order chi connectivity index (χ0) is 47.1. The Morgan fingerprint density at radius 1 is 0.492 bits per heavy atom. The summed E-state index contributed by atoms with van der Waals surface area (Å²) in [6, 6.07) is 19.1. The van der Waals surface area contributed by atoms with E-state index in [0.29, 0.717) is 0 Å². The molecule has 6 aliphatic heterocycles. The Morgan fingerprint density at radius 2 is 1.00 bits per heavy atom. The first-order chi connectivity index (χ1) is 32.0. The van der Waals surface area contributed by atoms with Crippen molar-refractivity contribution in [1.29, 1.82) is 0 Å². The van der Waals surface area contributed by atoms with Gasteiger partial charge >= 0.3 is 0 Å². The topological polar surface area (TPSA) is 85.4 Å². The Bertz CT molecular complexity index is 1510. The summed E-state index contributed by atoms with van der Waals surface area (Å²) < 4.78 is 0. The lowest BCUT2D eigenvalue weighted by molar-refractivity contribution is 0.155. The van der Waals surface area contributed by atoms with Gasteiger partial charge in [0.05, 0.1) is 0 Å². The third-order valence-corrected chi connectivity index (χ3v) is 13.0. The van der Waals surface area contributed by atoms with Crippen LogP contribution >= 0.6 is 0 Å². The number of nitrogens with one attached hydrogen (secondary N) is 2. The number of piperidine rings is 2. The number of nitrogens with zero attached hydrogens (tertiary/aromatic N) is 10. The highest BCUT2D eigenvalue weighted by Gasteiger charge is 2.26. The molecule has 6 fully saturated rings. The van der Waals surface area contributed by atoms with Crippen LogP contribution in [-0.4, -0.2) is 179 Å². The number of piperazine rings is 3. The predicted octanol–water partition coefficient (Wildman–Crippen LogP) is 7.58. The zero-order valence-corrected chi connectivity index (χ0v) is 43.2. The van der Waals surface area contributed by atoms with Crippen LogP contribution in [-0.2, 0) is 0 Å². The van der Waals surface area contributed by atoms with E-state index < -0.39 is 0 Å². The summed E-state index contributed by atoms with van der Waals surface area (Å²) in [5.41, 5.74) is 2.61. The van der Waals surface area contributed by atoms with Crippen LogP contribution in [0.15, 0.2) is 67.0 Å². The van der Waals surface area contributed by atoms with Crippen molar-refractivity contribution in [1.82, 2.24) is 45.4 Å². The van der Waals surface area contributed by atoms with Gasteiger partial charge in [0.1, 0.15) is 5.82 Å². The highest BCUT2D eigenvalue weighted by atomic mass is 15.3. The van der Waals surface area contributed by atoms with Gasteiger partial charge in [-0.3, -0.25) is 9.80 Å². The van der Waals surface area contributed by atoms with Gasteiger partial charge < -0.3 is 35.1 Å². The summed E-state index contributed by atoms with van der Waals surface area (Å²) in [5.74, 6) is 4.84. The van der Waals surface area contributed by atoms with Gasteiger partial charge in [-0.05, 0) is 106 Å². The fourth-order valence-corrected chi connectivity index (χ4v) is 9.15. The van der Waals surface area contributed by atoms with Crippen molar-refractivity contribution in [3.63, 3.8) is 0 Å². The van der Waals surface area contributed by atoms with E-state index in [1.54, 1.807) is 6.20 Å². The van der Waals surface area contributed by atoms with Gasteiger partial charge in [-0.1, -0.05) is 79.7 Å². The van der Waals surface area contributed by atoms with E-state index in [9.17, 15) is 0 Å². The average molecular weight is 901 g/mol. The maximum atomic E-state index is 4.55. The Morgan fingerprint density at radius 3 is 1.49 bits per heavy atom. The molecule has 6 aliphatic rings. The molecular formula is C53H96N12. The fourth-order valence-electron chi connectivity index (χ4n) is 9.15. The number of rotatable bonds is 9. The summed E-state index contributed by atoms with van der Waals surface area (Å²) in [6.07, 6.45) is 9.04. The number of benzene rings is 1. The normalized spacial score (nSPS) is 20.2. The van der Waals surface area contributed by atoms with Gasteiger partial charge in [-0.2, -0.15) is 5.10 Å². The Kier molecular flexibility index (Phi) is 29.2. The third-order valence-electron chi connectivity index (χ3n) is 13.0. The summed E-state index contributed by atoms with van der Waals surface area (Å²) in [7, 11) is 2.23. The quantitative estimate of drug-likeness (QED) is 0.222. The van der Waals surface area contributed by atoms with Gasteiger partial charge in [0.2, 0.25) is 0 Å². The molecule has 0 saturated carbocycles. The number of aromatic nitrogens is 3. The van der Waals surface area contributed by atoms with Crippen LogP contribution < -0.4 is 25.3 Å². The van der Waals surface area contributed by atoms with Crippen molar-refractivity contribution >= 4 is 17.3 Å². The molecule has 0 atom stereocenters. The molecule has 8 heterocycles. The summed E-state index contributed by atoms with van der Waals surface area (Å²) in [6.45, 7) is 43.2. The largest absolute Gasteiger partial charge is 0.369 e. The maximum Gasteiger partial charge on any atom is 0.151 e. The number of aryl methyl sites for hydroxylation is 1. The number of anilines is 3. The second kappa shape index (κ2) is 34.0. The molecule has 2 aromatic heterocycles. The van der Waals surface area contributed by atoms with E-state index in [0.717, 1.165) is 81.7 Å². The molecule has 368 valence electrons. The minimum absolute atomic E-state index is 0.870. The van der Waals surface area contributed by atoms with E-state index in [2.05, 4.69) is 123 Å². The maximum absolute atomic E-state index is 4.55. The number of hydrogen-bond donors (Lipinski definition) is 2. The minimum atomic E-state index is 0.870. The summed E-state index contributed by atoms with van der Waals surface area (Å²) in [4.78, 5) is 22.1. The van der Waals surface area contributed by atoms with Crippen LogP contribution in [0.1, 0.15) is 86.6 Å². The SMILES string of the molecule is CC.CC.CC.CC.CN1CCC(CN2CCN(c3cccnn3)CC2)CC1.Cc1ccc(N2CCC(CN3CCNCC3)CC2)nc1.c1ccc(N2CCN(CC3CNC3)CC2)cc1. The molecule has 0 radical (unpaired) electrons. The zero-order valence-electron chi connectivity index (χ0n) is 43.2. The van der Waals surface area contributed by atoms with Crippen molar-refractivity contribution in [3.8, 4) is 0 Å². The first-order valence-electron chi connectivity index (χ1n) is 26.3. The fraction of sp³-hybridized carbons (Fsp3) is 0.717. The predicted molar refractivity (Wildman–Crippen MR) is 281 cm³/mol. The molecule has 12 heteroatoms. The molecule has 65 heavy (non-hydrogen) atoms. The average Bonchev–Trinajstić information content (AvgIpc) is 3.38. The van der Waals surface area contributed by atoms with Gasteiger partial charge in [-0.25, -0.2) is 4.98 Å². The van der Waals surface area contributed by atoms with Crippen molar-refractivity contribution < 1.29 is 0 Å². The summed E-state index contributed by atoms with van der Waals surface area (Å²) in [5, 5.41) is 14.9. The van der Waals surface area contributed by atoms with Gasteiger partial charge in [0.15, 0.2) is 5.82 Å². The van der Waals surface area contributed by atoms with Crippen molar-refractivity contribution in [2.24, 2.45) is 17.8 Å². The molecule has 0 unspecified atom stereocenters. The molecule has 12 nitrogen and oxygen atoms in total. The van der Waals surface area contributed by atoms with Crippen LogP contribution in [0, 0.1) is 24.7 Å². The van der Waals surface area contributed by atoms with Gasteiger partial charge in [0.25, 0.3) is 0 Å². The van der Waals surface area contributed by atoms with E-state index in [-0.39, 0.29) is 0 Å². The smallest absolute Gasteiger partial charge is 0.151 e. The second-order valence-corrected chi connectivity index (χ2v) is 17.4. The van der Waals surface area contributed by atoms with E-state index in [1.807, 2.05) is 67.7 Å². The Labute approximate surface area is 398 Å². The van der Waals surface area contributed by atoms with Gasteiger partial charge in [-0.15, -0.1) is 5.10 Å². The van der Waals surface area contributed by atoms with Crippen LogP contribution in [0.5, 0.6) is 0 Å². The van der Waals surface area contributed by atoms with Crippen LogP contribution in [0.2, 0.25) is 0 Å². The number of para-hydroxylation sites is 1. The number of likely N-dealkylation sites (tertiary alicyclic amines) is 1. The number of pyridine rings is 1. The first kappa shape index (κ1) is 55.9. The standard InChI is InChI=1S/C16H26N4.C15H25N5.C14H21N3.4C2H6/c1-14-2-3-16(18-12-14)20-8-4-15(5-9-20)13-19-10-6-17-7-11-19;1-18-7-4-14(5-8-18)13-19-9-11-20(12-10-19)15-3-2-6-16-17-15;1-2-4-14(5-3-1)17-8-6-16(7-9-17)12-13-10-15-11-13;4*1-2/h2-3,12,15,17H,4-11,13H2,1H3;2-3,6,14H,4-5,7-13H2,1H3;1-5,13,15H,6-12H2;4*1-2H3. The van der Waals surface area contributed by atoms with Crippen molar-refractivity contribution in [3.05, 3.63) is 72.6 Å². The highest BCUT2D eigenvalue weighted by molar-refractivity contribution is 5.46. The highest BCUT2D eigenvalue weighted by Crippen LogP contribution is 2.23. The van der Waals surface area contributed by atoms with E-state index in [1.165, 1.54) is 122 Å². The lowest BCUT2D eigenvalue weighted by Gasteiger charge is -2.39. The minimum Gasteiger partial charge on any atom is -0.369 e. The first-order valence-corrected chi connectivity index (χ1v) is 26.3. The molecule has 0 spiro atoms. The molecular weight excluding hydrogens is 805 g/mol. The van der Waals surface area contributed by atoms with Crippen molar-refractivity contribution in [2.75, 3.05) is 159 Å². The van der Waals surface area contributed by atoms with E-state index in [4.69, 9.17) is 0 Å². The molecule has 3 aromatic rings. The number of hydrogen-bond acceptors (Lipinski definition) is 12. The third kappa shape index (κ3) is 20.6. The lowest BCUT2D eigenvalue weighted by atomic mass is 9.96.